The largest absolute Gasteiger partial charge is 0.506 e. The molecule has 0 aliphatic heterocycles. The Hall–Kier alpha value is -2.11. The highest BCUT2D eigenvalue weighted by atomic mass is 35.5. The van der Waals surface area contributed by atoms with Crippen LogP contribution >= 0.6 is 23.2 Å². The smallest absolute Gasteiger partial charge is 0.274 e. The fourth-order valence-electron chi connectivity index (χ4n) is 1.38. The zero-order chi connectivity index (χ0) is 14.5. The van der Waals surface area contributed by atoms with Crippen LogP contribution in [0.4, 0.5) is 0 Å². The van der Waals surface area contributed by atoms with E-state index in [9.17, 15) is 9.90 Å². The van der Waals surface area contributed by atoms with Crippen LogP contribution in [0.3, 0.4) is 0 Å². The number of halogens is 2. The van der Waals surface area contributed by atoms with Gasteiger partial charge in [-0.15, -0.1) is 0 Å². The molecule has 0 radical (unpaired) electrons. The average molecular weight is 310 g/mol. The third kappa shape index (κ3) is 3.46. The van der Waals surface area contributed by atoms with E-state index < -0.39 is 5.91 Å². The van der Waals surface area contributed by atoms with Crippen molar-refractivity contribution in [2.24, 2.45) is 5.10 Å². The Labute approximate surface area is 124 Å². The molecule has 0 spiro atoms. The Morgan fingerprint density at radius 2 is 2.15 bits per heavy atom. The number of pyridine rings is 1. The predicted octanol–water partition coefficient (Wildman–Crippen LogP) is 2.86. The standard InChI is InChI=1S/C13H9Cl2N3O2/c14-10-6-8(3-4-11(10)19)7-17-18-13(20)9-2-1-5-16-12(9)15/h1-7,19H,(H,18,20)/b17-7+. The molecule has 7 heteroatoms. The van der Waals surface area contributed by atoms with Gasteiger partial charge in [0.1, 0.15) is 10.9 Å². The number of hydrogen-bond donors (Lipinski definition) is 2. The molecule has 0 bridgehead atoms. The molecule has 2 rings (SSSR count). The van der Waals surface area contributed by atoms with Gasteiger partial charge in [-0.2, -0.15) is 5.10 Å². The Bertz CT molecular complexity index is 674. The number of hydrazone groups is 1. The van der Waals surface area contributed by atoms with Gasteiger partial charge < -0.3 is 5.11 Å². The highest BCUT2D eigenvalue weighted by molar-refractivity contribution is 6.32. The Kier molecular flexibility index (Phi) is 4.55. The van der Waals surface area contributed by atoms with Gasteiger partial charge in [-0.05, 0) is 35.9 Å². The number of hydrogen-bond acceptors (Lipinski definition) is 4. The lowest BCUT2D eigenvalue weighted by Gasteiger charge is -2.01. The minimum absolute atomic E-state index is 0.0185. The molecule has 2 N–H and O–H groups in total. The van der Waals surface area contributed by atoms with Gasteiger partial charge in [0.25, 0.3) is 5.91 Å². The number of phenols is 1. The van der Waals surface area contributed by atoms with Gasteiger partial charge >= 0.3 is 0 Å². The number of phenolic OH excluding ortho intramolecular Hbond substituents is 1. The number of amides is 1. The summed E-state index contributed by atoms with van der Waals surface area (Å²) in [6.45, 7) is 0. The minimum Gasteiger partial charge on any atom is -0.506 e. The summed E-state index contributed by atoms with van der Waals surface area (Å²) in [5.74, 6) is -0.487. The van der Waals surface area contributed by atoms with Crippen LogP contribution in [0.5, 0.6) is 5.75 Å². The summed E-state index contributed by atoms with van der Waals surface area (Å²) < 4.78 is 0. The quantitative estimate of drug-likeness (QED) is 0.520. The molecule has 0 aliphatic rings. The molecule has 0 saturated heterocycles. The minimum atomic E-state index is -0.468. The molecule has 1 heterocycles. The van der Waals surface area contributed by atoms with Crippen LogP contribution in [0, 0.1) is 0 Å². The summed E-state index contributed by atoms with van der Waals surface area (Å²) in [6, 6.07) is 7.70. The molecule has 102 valence electrons. The number of benzene rings is 1. The van der Waals surface area contributed by atoms with Crippen molar-refractivity contribution in [2.45, 2.75) is 0 Å². The molecule has 0 saturated carbocycles. The Morgan fingerprint density at radius 1 is 1.35 bits per heavy atom. The third-order valence-corrected chi connectivity index (χ3v) is 2.96. The molecule has 0 aliphatic carbocycles. The maximum absolute atomic E-state index is 11.8. The van der Waals surface area contributed by atoms with Gasteiger partial charge in [0, 0.05) is 6.20 Å². The number of carbonyl (C=O) groups excluding carboxylic acids is 1. The molecule has 2 aromatic rings. The van der Waals surface area contributed by atoms with Crippen LogP contribution in [0.25, 0.3) is 0 Å². The third-order valence-electron chi connectivity index (χ3n) is 2.36. The fraction of sp³-hybridized carbons (Fsp3) is 0. The summed E-state index contributed by atoms with van der Waals surface area (Å²) in [5.41, 5.74) is 3.18. The molecule has 5 nitrogen and oxygen atoms in total. The highest BCUT2D eigenvalue weighted by Crippen LogP contribution is 2.22. The summed E-state index contributed by atoms with van der Waals surface area (Å²) >= 11 is 11.5. The van der Waals surface area contributed by atoms with E-state index in [0.29, 0.717) is 5.56 Å². The number of nitrogens with one attached hydrogen (secondary N) is 1. The molecule has 0 fully saturated rings. The molecule has 1 amide bonds. The Morgan fingerprint density at radius 3 is 2.85 bits per heavy atom. The second-order valence-electron chi connectivity index (χ2n) is 3.75. The number of aromatic nitrogens is 1. The molecule has 0 unspecified atom stereocenters. The zero-order valence-corrected chi connectivity index (χ0v) is 11.6. The molecular formula is C13H9Cl2N3O2. The number of nitrogens with zero attached hydrogens (tertiary/aromatic N) is 2. The number of aromatic hydroxyl groups is 1. The average Bonchev–Trinajstić information content (AvgIpc) is 2.43. The lowest BCUT2D eigenvalue weighted by atomic mass is 10.2. The molecular weight excluding hydrogens is 301 g/mol. The van der Waals surface area contributed by atoms with Crippen LogP contribution in [0.15, 0.2) is 41.6 Å². The first-order valence-corrected chi connectivity index (χ1v) is 6.26. The second kappa shape index (κ2) is 6.36. The normalized spacial score (nSPS) is 10.7. The van der Waals surface area contributed by atoms with Crippen molar-refractivity contribution in [1.29, 1.82) is 0 Å². The van der Waals surface area contributed by atoms with Crippen molar-refractivity contribution in [2.75, 3.05) is 0 Å². The van der Waals surface area contributed by atoms with Crippen molar-refractivity contribution >= 4 is 35.3 Å². The molecule has 20 heavy (non-hydrogen) atoms. The van der Waals surface area contributed by atoms with E-state index in [-0.39, 0.29) is 21.5 Å². The van der Waals surface area contributed by atoms with Gasteiger partial charge in [0.15, 0.2) is 0 Å². The van der Waals surface area contributed by atoms with Gasteiger partial charge in [-0.1, -0.05) is 23.2 Å². The first-order chi connectivity index (χ1) is 9.58. The van der Waals surface area contributed by atoms with Gasteiger partial charge in [-0.25, -0.2) is 10.4 Å². The lowest BCUT2D eigenvalue weighted by Crippen LogP contribution is -2.18. The van der Waals surface area contributed by atoms with Crippen molar-refractivity contribution in [3.63, 3.8) is 0 Å². The van der Waals surface area contributed by atoms with Crippen LogP contribution in [0.2, 0.25) is 10.2 Å². The van der Waals surface area contributed by atoms with Crippen LogP contribution in [0.1, 0.15) is 15.9 Å². The van der Waals surface area contributed by atoms with Gasteiger partial charge in [0.05, 0.1) is 16.8 Å². The van der Waals surface area contributed by atoms with E-state index in [0.717, 1.165) is 0 Å². The maximum Gasteiger partial charge on any atom is 0.274 e. The van der Waals surface area contributed by atoms with E-state index in [4.69, 9.17) is 23.2 Å². The molecule has 1 aromatic heterocycles. The van der Waals surface area contributed by atoms with Crippen LogP contribution in [-0.2, 0) is 0 Å². The monoisotopic (exact) mass is 309 g/mol. The van der Waals surface area contributed by atoms with E-state index in [2.05, 4.69) is 15.5 Å². The van der Waals surface area contributed by atoms with Gasteiger partial charge in [-0.3, -0.25) is 4.79 Å². The van der Waals surface area contributed by atoms with E-state index >= 15 is 0 Å². The lowest BCUT2D eigenvalue weighted by molar-refractivity contribution is 0.0955. The molecule has 1 aromatic carbocycles. The van der Waals surface area contributed by atoms with Crippen molar-refractivity contribution in [3.05, 3.63) is 57.8 Å². The molecule has 0 atom stereocenters. The van der Waals surface area contributed by atoms with E-state index in [1.165, 1.54) is 30.6 Å². The first kappa shape index (κ1) is 14.3. The van der Waals surface area contributed by atoms with Gasteiger partial charge in [0.2, 0.25) is 0 Å². The number of carbonyl (C=O) groups is 1. The van der Waals surface area contributed by atoms with Crippen molar-refractivity contribution in [1.82, 2.24) is 10.4 Å². The fourth-order valence-corrected chi connectivity index (χ4v) is 1.78. The van der Waals surface area contributed by atoms with Crippen molar-refractivity contribution in [3.8, 4) is 5.75 Å². The summed E-state index contributed by atoms with van der Waals surface area (Å²) in [5, 5.41) is 13.4. The topological polar surface area (TPSA) is 74.6 Å². The number of rotatable bonds is 3. The second-order valence-corrected chi connectivity index (χ2v) is 4.52. The SMILES string of the molecule is O=C(N/N=C/c1ccc(O)c(Cl)c1)c1cccnc1Cl. The summed E-state index contributed by atoms with van der Waals surface area (Å²) in [6.07, 6.45) is 2.88. The van der Waals surface area contributed by atoms with Crippen molar-refractivity contribution < 1.29 is 9.90 Å². The predicted molar refractivity (Wildman–Crippen MR) is 77.4 cm³/mol. The highest BCUT2D eigenvalue weighted by Gasteiger charge is 2.09. The summed E-state index contributed by atoms with van der Waals surface area (Å²) in [4.78, 5) is 15.6. The summed E-state index contributed by atoms with van der Waals surface area (Å²) in [7, 11) is 0. The van der Waals surface area contributed by atoms with Crippen LogP contribution in [-0.4, -0.2) is 22.2 Å². The van der Waals surface area contributed by atoms with E-state index in [1.54, 1.807) is 12.1 Å². The maximum atomic E-state index is 11.8. The zero-order valence-electron chi connectivity index (χ0n) is 10.0. The first-order valence-electron chi connectivity index (χ1n) is 5.50. The Balaban J connectivity index is 2.05. The van der Waals surface area contributed by atoms with Crippen LogP contribution < -0.4 is 5.43 Å². The van der Waals surface area contributed by atoms with E-state index in [1.807, 2.05) is 0 Å².